The number of fused-ring (bicyclic) bond motifs is 1. The molecule has 2 aromatic carbocycles. The quantitative estimate of drug-likeness (QED) is 0.786. The Kier molecular flexibility index (Phi) is 3.59. The fourth-order valence-electron chi connectivity index (χ4n) is 2.61. The maximum atomic E-state index is 6.54. The van der Waals surface area contributed by atoms with Crippen LogP contribution < -0.4 is 5.73 Å². The van der Waals surface area contributed by atoms with Crippen molar-refractivity contribution < 1.29 is 0 Å². The number of imidazole rings is 1. The zero-order valence-electron chi connectivity index (χ0n) is 12.2. The molecule has 0 radical (unpaired) electrons. The first kappa shape index (κ1) is 14.3. The molecule has 21 heavy (non-hydrogen) atoms. The molecule has 0 fully saturated rings. The van der Waals surface area contributed by atoms with Crippen molar-refractivity contribution in [2.45, 2.75) is 18.9 Å². The van der Waals surface area contributed by atoms with Gasteiger partial charge in [-0.25, -0.2) is 4.98 Å². The first-order valence-corrected chi connectivity index (χ1v) is 7.72. The Balaban J connectivity index is 1.96. The van der Waals surface area contributed by atoms with Crippen LogP contribution in [0.3, 0.4) is 0 Å². The fourth-order valence-corrected chi connectivity index (χ4v) is 2.88. The Hall–Kier alpha value is -1.65. The van der Waals surface area contributed by atoms with E-state index >= 15 is 0 Å². The number of hydrogen-bond donors (Lipinski definition) is 1. The highest BCUT2D eigenvalue weighted by Crippen LogP contribution is 2.25. The molecule has 0 aliphatic carbocycles. The lowest BCUT2D eigenvalue weighted by atomic mass is 9.89. The molecule has 108 valence electrons. The smallest absolute Gasteiger partial charge is 0.111 e. The van der Waals surface area contributed by atoms with E-state index in [0.717, 1.165) is 26.9 Å². The Morgan fingerprint density at radius 3 is 2.48 bits per heavy atom. The maximum Gasteiger partial charge on any atom is 0.111 e. The van der Waals surface area contributed by atoms with Gasteiger partial charge in [-0.05, 0) is 36.8 Å². The van der Waals surface area contributed by atoms with Crippen molar-refractivity contribution in [2.24, 2.45) is 12.8 Å². The normalized spacial score (nSPS) is 14.3. The van der Waals surface area contributed by atoms with Gasteiger partial charge < -0.3 is 10.3 Å². The Labute approximate surface area is 132 Å². The van der Waals surface area contributed by atoms with Gasteiger partial charge >= 0.3 is 0 Å². The molecule has 2 N–H and O–H groups in total. The molecule has 1 aromatic heterocycles. The SMILES string of the molecule is Cn1c(CC(C)(N)c2ccc(Br)cc2)nc2ccccc21. The molecule has 3 aromatic rings. The van der Waals surface area contributed by atoms with Gasteiger partial charge in [0.05, 0.1) is 11.0 Å². The van der Waals surface area contributed by atoms with Gasteiger partial charge in [0.15, 0.2) is 0 Å². The molecule has 0 aliphatic rings. The molecule has 3 rings (SSSR count). The number of halogens is 1. The zero-order valence-corrected chi connectivity index (χ0v) is 13.8. The lowest BCUT2D eigenvalue weighted by Crippen LogP contribution is -2.36. The number of para-hydroxylation sites is 2. The Bertz CT molecular complexity index is 772. The highest BCUT2D eigenvalue weighted by Gasteiger charge is 2.24. The van der Waals surface area contributed by atoms with Gasteiger partial charge in [-0.3, -0.25) is 0 Å². The number of aryl methyl sites for hydroxylation is 1. The van der Waals surface area contributed by atoms with E-state index < -0.39 is 5.54 Å². The van der Waals surface area contributed by atoms with E-state index in [1.807, 2.05) is 37.4 Å². The van der Waals surface area contributed by atoms with Crippen LogP contribution in [0.2, 0.25) is 0 Å². The minimum atomic E-state index is -0.449. The number of benzene rings is 2. The van der Waals surface area contributed by atoms with Crippen LogP contribution in [0, 0.1) is 0 Å². The van der Waals surface area contributed by atoms with Crippen molar-refractivity contribution in [1.82, 2.24) is 9.55 Å². The number of rotatable bonds is 3. The van der Waals surface area contributed by atoms with Crippen LogP contribution in [0.4, 0.5) is 0 Å². The van der Waals surface area contributed by atoms with Crippen LogP contribution in [0.25, 0.3) is 11.0 Å². The molecule has 1 atom stereocenters. The number of nitrogens with two attached hydrogens (primary N) is 1. The van der Waals surface area contributed by atoms with Gasteiger partial charge in [0, 0.05) is 23.5 Å². The minimum Gasteiger partial charge on any atom is -0.331 e. The van der Waals surface area contributed by atoms with E-state index in [1.165, 1.54) is 0 Å². The predicted octanol–water partition coefficient (Wildman–Crippen LogP) is 3.75. The second kappa shape index (κ2) is 5.28. The molecule has 1 heterocycles. The summed E-state index contributed by atoms with van der Waals surface area (Å²) >= 11 is 3.46. The van der Waals surface area contributed by atoms with E-state index in [-0.39, 0.29) is 0 Å². The molecule has 0 saturated carbocycles. The summed E-state index contributed by atoms with van der Waals surface area (Å²) in [7, 11) is 2.04. The summed E-state index contributed by atoms with van der Waals surface area (Å²) in [6.45, 7) is 2.05. The zero-order chi connectivity index (χ0) is 15.0. The van der Waals surface area contributed by atoms with Gasteiger partial charge in [-0.2, -0.15) is 0 Å². The molecule has 0 aliphatic heterocycles. The van der Waals surface area contributed by atoms with Crippen LogP contribution in [0.5, 0.6) is 0 Å². The van der Waals surface area contributed by atoms with E-state index in [2.05, 4.69) is 45.6 Å². The molecular formula is C17H18BrN3. The summed E-state index contributed by atoms with van der Waals surface area (Å²) in [6, 6.07) is 16.3. The molecule has 4 heteroatoms. The van der Waals surface area contributed by atoms with Crippen molar-refractivity contribution >= 4 is 27.0 Å². The average molecular weight is 344 g/mol. The highest BCUT2D eigenvalue weighted by atomic mass is 79.9. The van der Waals surface area contributed by atoms with Crippen molar-refractivity contribution in [3.8, 4) is 0 Å². The van der Waals surface area contributed by atoms with Gasteiger partial charge in [-0.15, -0.1) is 0 Å². The highest BCUT2D eigenvalue weighted by molar-refractivity contribution is 9.10. The summed E-state index contributed by atoms with van der Waals surface area (Å²) in [5, 5.41) is 0. The maximum absolute atomic E-state index is 6.54. The number of nitrogens with zero attached hydrogens (tertiary/aromatic N) is 2. The first-order chi connectivity index (χ1) is 9.97. The molecule has 1 unspecified atom stereocenters. The second-order valence-electron chi connectivity index (χ2n) is 5.68. The standard InChI is InChI=1S/C17H18BrN3/c1-17(19,12-7-9-13(18)10-8-12)11-16-20-14-5-3-4-6-15(14)21(16)2/h3-10H,11,19H2,1-2H3. The van der Waals surface area contributed by atoms with E-state index in [0.29, 0.717) is 6.42 Å². The monoisotopic (exact) mass is 343 g/mol. The van der Waals surface area contributed by atoms with Gasteiger partial charge in [0.25, 0.3) is 0 Å². The summed E-state index contributed by atoms with van der Waals surface area (Å²) in [6.07, 6.45) is 0.694. The lowest BCUT2D eigenvalue weighted by Gasteiger charge is -2.25. The van der Waals surface area contributed by atoms with E-state index in [4.69, 9.17) is 10.7 Å². The molecule has 3 nitrogen and oxygen atoms in total. The molecule has 0 saturated heterocycles. The number of aromatic nitrogens is 2. The Morgan fingerprint density at radius 2 is 1.81 bits per heavy atom. The second-order valence-corrected chi connectivity index (χ2v) is 6.59. The van der Waals surface area contributed by atoms with E-state index in [9.17, 15) is 0 Å². The third-order valence-electron chi connectivity index (χ3n) is 3.91. The van der Waals surface area contributed by atoms with Crippen molar-refractivity contribution in [3.63, 3.8) is 0 Å². The summed E-state index contributed by atoms with van der Waals surface area (Å²) in [5.41, 5.74) is 9.36. The van der Waals surface area contributed by atoms with Crippen LogP contribution in [-0.4, -0.2) is 9.55 Å². The van der Waals surface area contributed by atoms with Crippen LogP contribution in [-0.2, 0) is 19.0 Å². The molecule has 0 spiro atoms. The molecule has 0 bridgehead atoms. The Morgan fingerprint density at radius 1 is 1.14 bits per heavy atom. The summed E-state index contributed by atoms with van der Waals surface area (Å²) in [5.74, 6) is 1.00. The lowest BCUT2D eigenvalue weighted by molar-refractivity contribution is 0.472. The van der Waals surface area contributed by atoms with Crippen molar-refractivity contribution in [3.05, 3.63) is 64.4 Å². The summed E-state index contributed by atoms with van der Waals surface area (Å²) < 4.78 is 3.18. The van der Waals surface area contributed by atoms with Crippen molar-refractivity contribution in [2.75, 3.05) is 0 Å². The van der Waals surface area contributed by atoms with Crippen LogP contribution in [0.1, 0.15) is 18.3 Å². The summed E-state index contributed by atoms with van der Waals surface area (Å²) in [4.78, 5) is 4.71. The molecule has 0 amide bonds. The first-order valence-electron chi connectivity index (χ1n) is 6.93. The molecular weight excluding hydrogens is 326 g/mol. The van der Waals surface area contributed by atoms with Crippen LogP contribution in [0.15, 0.2) is 53.0 Å². The van der Waals surface area contributed by atoms with E-state index in [1.54, 1.807) is 0 Å². The van der Waals surface area contributed by atoms with Gasteiger partial charge in [0.1, 0.15) is 5.82 Å². The topological polar surface area (TPSA) is 43.8 Å². The van der Waals surface area contributed by atoms with Gasteiger partial charge in [-0.1, -0.05) is 40.2 Å². The fraction of sp³-hybridized carbons (Fsp3) is 0.235. The van der Waals surface area contributed by atoms with Crippen molar-refractivity contribution in [1.29, 1.82) is 0 Å². The largest absolute Gasteiger partial charge is 0.331 e. The number of hydrogen-bond acceptors (Lipinski definition) is 2. The predicted molar refractivity (Wildman–Crippen MR) is 90.1 cm³/mol. The third-order valence-corrected chi connectivity index (χ3v) is 4.44. The van der Waals surface area contributed by atoms with Crippen LogP contribution >= 0.6 is 15.9 Å². The van der Waals surface area contributed by atoms with Gasteiger partial charge in [0.2, 0.25) is 0 Å². The minimum absolute atomic E-state index is 0.449. The average Bonchev–Trinajstić information content (AvgIpc) is 2.76. The third kappa shape index (κ3) is 2.74.